The molecule has 0 radical (unpaired) electrons. The molecule has 3 aromatic rings. The highest BCUT2D eigenvalue weighted by molar-refractivity contribution is 9.10. The van der Waals surface area contributed by atoms with Crippen LogP contribution in [-0.4, -0.2) is 23.9 Å². The van der Waals surface area contributed by atoms with Crippen molar-refractivity contribution in [1.82, 2.24) is 4.90 Å². The highest BCUT2D eigenvalue weighted by Gasteiger charge is 2.29. The molecule has 4 heteroatoms. The number of carbonyl (C=O) groups excluding carboxylic acids is 1. The fourth-order valence-electron chi connectivity index (χ4n) is 3.90. The molecule has 1 atom stereocenters. The van der Waals surface area contributed by atoms with Crippen LogP contribution in [0.15, 0.2) is 83.3 Å². The Morgan fingerprint density at radius 2 is 1.68 bits per heavy atom. The number of amides is 1. The van der Waals surface area contributed by atoms with Crippen LogP contribution >= 0.6 is 15.9 Å². The van der Waals surface area contributed by atoms with Gasteiger partial charge >= 0.3 is 0 Å². The Hall–Kier alpha value is -2.43. The van der Waals surface area contributed by atoms with E-state index in [4.69, 9.17) is 0 Å². The molecule has 28 heavy (non-hydrogen) atoms. The number of hydrogen-bond donors (Lipinski definition) is 1. The van der Waals surface area contributed by atoms with Crippen LogP contribution in [0.1, 0.15) is 29.2 Å². The van der Waals surface area contributed by atoms with Crippen LogP contribution in [0, 0.1) is 0 Å². The SMILES string of the molecule is O=C1CN(CCCc2ccccc2)C(c2ccccc2)c2cc(Br)ccc2N1. The molecule has 0 spiro atoms. The standard InChI is InChI=1S/C24H23BrN2O/c25-20-13-14-22-21(16-20)24(19-11-5-2-6-12-19)27(17-23(28)26-22)15-7-10-18-8-3-1-4-9-18/h1-6,8-9,11-14,16,24H,7,10,15,17H2,(H,26,28). The minimum atomic E-state index is 0.0433. The zero-order valence-electron chi connectivity index (χ0n) is 15.6. The number of carbonyl (C=O) groups is 1. The summed E-state index contributed by atoms with van der Waals surface area (Å²) in [6.07, 6.45) is 2.01. The van der Waals surface area contributed by atoms with Crippen LogP contribution in [-0.2, 0) is 11.2 Å². The highest BCUT2D eigenvalue weighted by atomic mass is 79.9. The number of benzene rings is 3. The fourth-order valence-corrected chi connectivity index (χ4v) is 4.28. The summed E-state index contributed by atoms with van der Waals surface area (Å²) in [5, 5.41) is 3.09. The molecule has 1 N–H and O–H groups in total. The Balaban J connectivity index is 1.65. The summed E-state index contributed by atoms with van der Waals surface area (Å²) in [4.78, 5) is 14.9. The molecule has 0 aliphatic carbocycles. The second kappa shape index (κ2) is 8.72. The molecule has 0 saturated heterocycles. The van der Waals surface area contributed by atoms with E-state index in [0.717, 1.165) is 35.1 Å². The van der Waals surface area contributed by atoms with Crippen molar-refractivity contribution in [3.8, 4) is 0 Å². The minimum absolute atomic E-state index is 0.0433. The van der Waals surface area contributed by atoms with E-state index in [9.17, 15) is 4.79 Å². The van der Waals surface area contributed by atoms with Crippen molar-refractivity contribution in [3.63, 3.8) is 0 Å². The Kier molecular flexibility index (Phi) is 5.89. The number of nitrogens with one attached hydrogen (secondary N) is 1. The molecule has 0 fully saturated rings. The van der Waals surface area contributed by atoms with E-state index in [0.29, 0.717) is 6.54 Å². The molecule has 3 nitrogen and oxygen atoms in total. The smallest absolute Gasteiger partial charge is 0.238 e. The lowest BCUT2D eigenvalue weighted by Gasteiger charge is -2.30. The number of aryl methyl sites for hydroxylation is 1. The van der Waals surface area contributed by atoms with Gasteiger partial charge in [-0.1, -0.05) is 76.6 Å². The predicted molar refractivity (Wildman–Crippen MR) is 117 cm³/mol. The minimum Gasteiger partial charge on any atom is -0.325 e. The van der Waals surface area contributed by atoms with Crippen molar-refractivity contribution in [1.29, 1.82) is 0 Å². The predicted octanol–water partition coefficient (Wildman–Crippen LogP) is 5.43. The summed E-state index contributed by atoms with van der Waals surface area (Å²) < 4.78 is 1.02. The largest absolute Gasteiger partial charge is 0.325 e. The summed E-state index contributed by atoms with van der Waals surface area (Å²) in [5.41, 5.74) is 4.57. The van der Waals surface area contributed by atoms with Crippen LogP contribution in [0.2, 0.25) is 0 Å². The summed E-state index contributed by atoms with van der Waals surface area (Å²) in [7, 11) is 0. The average Bonchev–Trinajstić information content (AvgIpc) is 2.85. The highest BCUT2D eigenvalue weighted by Crippen LogP contribution is 2.37. The van der Waals surface area contributed by atoms with E-state index >= 15 is 0 Å². The number of fused-ring (bicyclic) bond motifs is 1. The van der Waals surface area contributed by atoms with Crippen molar-refractivity contribution in [2.75, 3.05) is 18.4 Å². The van der Waals surface area contributed by atoms with Gasteiger partial charge in [-0.15, -0.1) is 0 Å². The van der Waals surface area contributed by atoms with Gasteiger partial charge in [-0.3, -0.25) is 9.69 Å². The van der Waals surface area contributed by atoms with Gasteiger partial charge in [-0.2, -0.15) is 0 Å². The zero-order valence-corrected chi connectivity index (χ0v) is 17.2. The summed E-state index contributed by atoms with van der Waals surface area (Å²) >= 11 is 3.60. The van der Waals surface area contributed by atoms with Gasteiger partial charge < -0.3 is 5.32 Å². The third-order valence-corrected chi connectivity index (χ3v) is 5.66. The Labute approximate surface area is 174 Å². The lowest BCUT2D eigenvalue weighted by molar-refractivity contribution is -0.117. The van der Waals surface area contributed by atoms with Crippen molar-refractivity contribution in [3.05, 3.63) is 100 Å². The second-order valence-electron chi connectivity index (χ2n) is 7.15. The zero-order chi connectivity index (χ0) is 19.3. The summed E-state index contributed by atoms with van der Waals surface area (Å²) in [6, 6.07) is 27.1. The molecule has 1 amide bonds. The molecule has 0 saturated carbocycles. The maximum atomic E-state index is 12.6. The molecule has 1 unspecified atom stereocenters. The fraction of sp³-hybridized carbons (Fsp3) is 0.208. The molecule has 1 aliphatic heterocycles. The van der Waals surface area contributed by atoms with E-state index in [1.807, 2.05) is 24.3 Å². The number of nitrogens with zero attached hydrogens (tertiary/aromatic N) is 1. The van der Waals surface area contributed by atoms with Gasteiger partial charge in [0.05, 0.1) is 12.6 Å². The quantitative estimate of drug-likeness (QED) is 0.580. The maximum Gasteiger partial charge on any atom is 0.238 e. The van der Waals surface area contributed by atoms with Crippen LogP contribution in [0.3, 0.4) is 0 Å². The van der Waals surface area contributed by atoms with Gasteiger partial charge in [-0.25, -0.2) is 0 Å². The van der Waals surface area contributed by atoms with E-state index in [-0.39, 0.29) is 11.9 Å². The third-order valence-electron chi connectivity index (χ3n) is 5.16. The maximum absolute atomic E-state index is 12.6. The van der Waals surface area contributed by atoms with Gasteiger partial charge in [0.15, 0.2) is 0 Å². The van der Waals surface area contributed by atoms with Gasteiger partial charge in [0.25, 0.3) is 0 Å². The van der Waals surface area contributed by atoms with Crippen molar-refractivity contribution < 1.29 is 4.79 Å². The lowest BCUT2D eigenvalue weighted by Crippen LogP contribution is -2.35. The first-order valence-electron chi connectivity index (χ1n) is 9.63. The van der Waals surface area contributed by atoms with Gasteiger partial charge in [-0.05, 0) is 54.3 Å². The first kappa shape index (κ1) is 18.9. The molecule has 1 aliphatic rings. The lowest BCUT2D eigenvalue weighted by atomic mass is 9.95. The third kappa shape index (κ3) is 4.34. The molecule has 0 bridgehead atoms. The molecular formula is C24H23BrN2O. The molecular weight excluding hydrogens is 412 g/mol. The molecule has 3 aromatic carbocycles. The first-order chi connectivity index (χ1) is 13.7. The van der Waals surface area contributed by atoms with Crippen molar-refractivity contribution >= 4 is 27.5 Å². The monoisotopic (exact) mass is 434 g/mol. The van der Waals surface area contributed by atoms with E-state index in [1.54, 1.807) is 0 Å². The van der Waals surface area contributed by atoms with Crippen LogP contribution in [0.5, 0.6) is 0 Å². The topological polar surface area (TPSA) is 32.3 Å². The molecule has 0 aromatic heterocycles. The van der Waals surface area contributed by atoms with Gasteiger partial charge in [0.1, 0.15) is 0 Å². The van der Waals surface area contributed by atoms with Crippen molar-refractivity contribution in [2.24, 2.45) is 0 Å². The van der Waals surface area contributed by atoms with Crippen molar-refractivity contribution in [2.45, 2.75) is 18.9 Å². The van der Waals surface area contributed by atoms with Crippen LogP contribution in [0.25, 0.3) is 0 Å². The summed E-state index contributed by atoms with van der Waals surface area (Å²) in [5.74, 6) is 0.0433. The summed E-state index contributed by atoms with van der Waals surface area (Å²) in [6.45, 7) is 1.24. The number of anilines is 1. The van der Waals surface area contributed by atoms with Crippen LogP contribution in [0.4, 0.5) is 5.69 Å². The number of rotatable bonds is 5. The normalized spacial score (nSPS) is 16.9. The second-order valence-corrected chi connectivity index (χ2v) is 8.07. The Morgan fingerprint density at radius 3 is 2.43 bits per heavy atom. The molecule has 1 heterocycles. The van der Waals surface area contributed by atoms with Gasteiger partial charge in [0.2, 0.25) is 5.91 Å². The average molecular weight is 435 g/mol. The Bertz CT molecular complexity index is 943. The molecule has 4 rings (SSSR count). The van der Waals surface area contributed by atoms with E-state index in [1.165, 1.54) is 11.1 Å². The number of halogens is 1. The van der Waals surface area contributed by atoms with E-state index in [2.05, 4.69) is 80.7 Å². The first-order valence-corrected chi connectivity index (χ1v) is 10.4. The Morgan fingerprint density at radius 1 is 0.964 bits per heavy atom. The van der Waals surface area contributed by atoms with Crippen LogP contribution < -0.4 is 5.32 Å². The van der Waals surface area contributed by atoms with Gasteiger partial charge in [0, 0.05) is 10.2 Å². The van der Waals surface area contributed by atoms with E-state index < -0.39 is 0 Å². The molecule has 142 valence electrons. The number of hydrogen-bond acceptors (Lipinski definition) is 2.